The summed E-state index contributed by atoms with van der Waals surface area (Å²) in [5.41, 5.74) is -0.418. The first-order valence-corrected chi connectivity index (χ1v) is 7.38. The maximum atomic E-state index is 12.7. The Bertz CT molecular complexity index is 246. The van der Waals surface area contributed by atoms with Crippen LogP contribution in [0.3, 0.4) is 0 Å². The molecule has 0 aromatic heterocycles. The molecule has 0 aromatic rings. The molecule has 0 unspecified atom stereocenters. The van der Waals surface area contributed by atoms with Crippen molar-refractivity contribution in [2.24, 2.45) is 5.92 Å². The smallest absolute Gasteiger partial charge is 0.167 e. The van der Waals surface area contributed by atoms with Gasteiger partial charge >= 0.3 is 0 Å². The Balaban J connectivity index is 2.06. The Morgan fingerprint density at radius 3 is 2.00 bits per heavy atom. The van der Waals surface area contributed by atoms with Crippen LogP contribution in [-0.2, 0) is 9.53 Å². The fourth-order valence-corrected chi connectivity index (χ4v) is 3.59. The van der Waals surface area contributed by atoms with Crippen molar-refractivity contribution in [2.75, 3.05) is 7.11 Å². The molecule has 0 radical (unpaired) electrons. The summed E-state index contributed by atoms with van der Waals surface area (Å²) >= 11 is 0. The minimum Gasteiger partial charge on any atom is -0.370 e. The number of Topliss-reactive ketones (excluding diaryl/α,β-unsaturated/α-hetero) is 1. The molecule has 2 heteroatoms. The molecule has 0 saturated heterocycles. The zero-order valence-corrected chi connectivity index (χ0v) is 11.2. The van der Waals surface area contributed by atoms with Gasteiger partial charge < -0.3 is 4.74 Å². The van der Waals surface area contributed by atoms with E-state index in [2.05, 4.69) is 0 Å². The first kappa shape index (κ1) is 13.1. The predicted octanol–water partition coefficient (Wildman–Crippen LogP) is 3.88. The lowest BCUT2D eigenvalue weighted by Crippen LogP contribution is -2.44. The molecule has 0 aromatic carbocycles. The molecule has 2 aliphatic rings. The van der Waals surface area contributed by atoms with Crippen molar-refractivity contribution < 1.29 is 9.53 Å². The molecule has 2 nitrogen and oxygen atoms in total. The molecular formula is C15H26O2. The molecular weight excluding hydrogens is 212 g/mol. The maximum absolute atomic E-state index is 12.7. The summed E-state index contributed by atoms with van der Waals surface area (Å²) in [6.45, 7) is 0. The van der Waals surface area contributed by atoms with Gasteiger partial charge in [0.2, 0.25) is 0 Å². The predicted molar refractivity (Wildman–Crippen MR) is 69.0 cm³/mol. The van der Waals surface area contributed by atoms with Gasteiger partial charge in [-0.15, -0.1) is 0 Å². The molecule has 0 spiro atoms. The minimum atomic E-state index is -0.418. The van der Waals surface area contributed by atoms with Gasteiger partial charge in [-0.2, -0.15) is 0 Å². The molecule has 0 amide bonds. The average Bonchev–Trinajstić information content (AvgIpc) is 2.65. The highest BCUT2D eigenvalue weighted by molar-refractivity contribution is 5.89. The van der Waals surface area contributed by atoms with E-state index in [-0.39, 0.29) is 0 Å². The summed E-state index contributed by atoms with van der Waals surface area (Å²) in [6.07, 6.45) is 12.7. The summed E-state index contributed by atoms with van der Waals surface area (Å²) in [6, 6.07) is 0. The Morgan fingerprint density at radius 1 is 0.941 bits per heavy atom. The monoisotopic (exact) mass is 238 g/mol. The van der Waals surface area contributed by atoms with E-state index in [9.17, 15) is 4.79 Å². The average molecular weight is 238 g/mol. The zero-order valence-electron chi connectivity index (χ0n) is 11.2. The Kier molecular flexibility index (Phi) is 4.61. The summed E-state index contributed by atoms with van der Waals surface area (Å²) in [5, 5.41) is 0. The van der Waals surface area contributed by atoms with E-state index < -0.39 is 5.60 Å². The Labute approximate surface area is 105 Å². The molecule has 2 aliphatic carbocycles. The fraction of sp³-hybridized carbons (Fsp3) is 0.933. The zero-order chi connectivity index (χ0) is 12.1. The third kappa shape index (κ3) is 2.90. The van der Waals surface area contributed by atoms with E-state index in [1.54, 1.807) is 7.11 Å². The minimum absolute atomic E-state index is 0.293. The normalized spacial score (nSPS) is 26.4. The number of hydrogen-bond acceptors (Lipinski definition) is 2. The second kappa shape index (κ2) is 5.99. The number of carbonyl (C=O) groups excluding carboxylic acids is 1. The molecule has 0 N–H and O–H groups in total. The first-order chi connectivity index (χ1) is 8.28. The summed E-state index contributed by atoms with van der Waals surface area (Å²) in [5.74, 6) is 0.725. The Morgan fingerprint density at radius 2 is 1.47 bits per heavy atom. The molecule has 0 atom stereocenters. The van der Waals surface area contributed by atoms with Gasteiger partial charge in [0.1, 0.15) is 5.60 Å². The van der Waals surface area contributed by atoms with Crippen LogP contribution in [0.1, 0.15) is 70.6 Å². The lowest BCUT2D eigenvalue weighted by atomic mass is 9.76. The van der Waals surface area contributed by atoms with Gasteiger partial charge in [-0.3, -0.25) is 4.79 Å². The highest BCUT2D eigenvalue weighted by Crippen LogP contribution is 2.36. The first-order valence-electron chi connectivity index (χ1n) is 7.38. The number of ketones is 1. The van der Waals surface area contributed by atoms with Crippen LogP contribution in [0.2, 0.25) is 0 Å². The van der Waals surface area contributed by atoms with Crippen molar-refractivity contribution in [3.8, 4) is 0 Å². The van der Waals surface area contributed by atoms with Gasteiger partial charge in [0.05, 0.1) is 0 Å². The van der Waals surface area contributed by atoms with Crippen molar-refractivity contribution >= 4 is 5.78 Å². The summed E-state index contributed by atoms with van der Waals surface area (Å²) in [7, 11) is 1.74. The SMILES string of the molecule is COC1(C(=O)C2CCCCC2)CCCCCC1. The van der Waals surface area contributed by atoms with Crippen LogP contribution in [0, 0.1) is 5.92 Å². The second-order valence-electron chi connectivity index (χ2n) is 5.81. The molecule has 2 fully saturated rings. The van der Waals surface area contributed by atoms with Crippen molar-refractivity contribution in [1.82, 2.24) is 0 Å². The van der Waals surface area contributed by atoms with Crippen LogP contribution in [0.4, 0.5) is 0 Å². The molecule has 17 heavy (non-hydrogen) atoms. The highest BCUT2D eigenvalue weighted by Gasteiger charge is 2.42. The van der Waals surface area contributed by atoms with E-state index in [1.165, 1.54) is 32.1 Å². The maximum Gasteiger partial charge on any atom is 0.167 e. The topological polar surface area (TPSA) is 26.3 Å². The van der Waals surface area contributed by atoms with Gasteiger partial charge in [-0.1, -0.05) is 44.9 Å². The van der Waals surface area contributed by atoms with Crippen LogP contribution >= 0.6 is 0 Å². The van der Waals surface area contributed by atoms with Gasteiger partial charge in [-0.25, -0.2) is 0 Å². The van der Waals surface area contributed by atoms with Gasteiger partial charge in [0, 0.05) is 13.0 Å². The fourth-order valence-electron chi connectivity index (χ4n) is 3.59. The van der Waals surface area contributed by atoms with E-state index >= 15 is 0 Å². The third-order valence-corrected chi connectivity index (χ3v) is 4.73. The van der Waals surface area contributed by atoms with Gasteiger partial charge in [-0.05, 0) is 25.7 Å². The molecule has 2 rings (SSSR count). The lowest BCUT2D eigenvalue weighted by Gasteiger charge is -2.34. The molecule has 2 saturated carbocycles. The summed E-state index contributed by atoms with van der Waals surface area (Å²) < 4.78 is 5.72. The Hall–Kier alpha value is -0.370. The van der Waals surface area contributed by atoms with Crippen LogP contribution in [0.5, 0.6) is 0 Å². The van der Waals surface area contributed by atoms with Crippen molar-refractivity contribution in [3.63, 3.8) is 0 Å². The number of ether oxygens (including phenoxy) is 1. The number of rotatable bonds is 3. The summed E-state index contributed by atoms with van der Waals surface area (Å²) in [4.78, 5) is 12.7. The van der Waals surface area contributed by atoms with E-state index in [0.29, 0.717) is 11.7 Å². The standard InChI is InChI=1S/C15H26O2/c1-17-15(11-7-2-3-8-12-15)14(16)13-9-5-4-6-10-13/h13H,2-12H2,1H3. The molecule has 98 valence electrons. The van der Waals surface area contributed by atoms with Crippen LogP contribution in [-0.4, -0.2) is 18.5 Å². The van der Waals surface area contributed by atoms with E-state index in [0.717, 1.165) is 38.5 Å². The van der Waals surface area contributed by atoms with Crippen LogP contribution in [0.15, 0.2) is 0 Å². The third-order valence-electron chi connectivity index (χ3n) is 4.73. The van der Waals surface area contributed by atoms with Gasteiger partial charge in [0.25, 0.3) is 0 Å². The molecule has 0 heterocycles. The van der Waals surface area contributed by atoms with Crippen LogP contribution < -0.4 is 0 Å². The quantitative estimate of drug-likeness (QED) is 0.698. The molecule has 0 aliphatic heterocycles. The lowest BCUT2D eigenvalue weighted by molar-refractivity contribution is -0.148. The van der Waals surface area contributed by atoms with Crippen molar-refractivity contribution in [2.45, 2.75) is 76.2 Å². The van der Waals surface area contributed by atoms with E-state index in [4.69, 9.17) is 4.74 Å². The number of methoxy groups -OCH3 is 1. The van der Waals surface area contributed by atoms with Crippen molar-refractivity contribution in [1.29, 1.82) is 0 Å². The largest absolute Gasteiger partial charge is 0.370 e. The number of hydrogen-bond donors (Lipinski definition) is 0. The highest BCUT2D eigenvalue weighted by atomic mass is 16.5. The molecule has 0 bridgehead atoms. The second-order valence-corrected chi connectivity index (χ2v) is 5.81. The van der Waals surface area contributed by atoms with E-state index in [1.807, 2.05) is 0 Å². The van der Waals surface area contributed by atoms with Crippen molar-refractivity contribution in [3.05, 3.63) is 0 Å². The van der Waals surface area contributed by atoms with Crippen LogP contribution in [0.25, 0.3) is 0 Å². The van der Waals surface area contributed by atoms with Gasteiger partial charge in [0.15, 0.2) is 5.78 Å². The number of carbonyl (C=O) groups is 1.